The first-order valence-electron chi connectivity index (χ1n) is 13.8. The number of hydrogen-bond donors (Lipinski definition) is 2. The zero-order valence-corrected chi connectivity index (χ0v) is 24.8. The van der Waals surface area contributed by atoms with Crippen molar-refractivity contribution in [1.29, 1.82) is 0 Å². The maximum absolute atomic E-state index is 13.2. The Morgan fingerprint density at radius 1 is 1.00 bits per heavy atom. The number of hydrogen-bond acceptors (Lipinski definition) is 7. The number of nitrogens with one attached hydrogen (secondary N) is 2. The molecule has 0 spiro atoms. The maximum atomic E-state index is 13.2. The van der Waals surface area contributed by atoms with Crippen molar-refractivity contribution in [3.8, 4) is 0 Å². The fourth-order valence-corrected chi connectivity index (χ4v) is 4.53. The Labute approximate surface area is 241 Å². The molecule has 220 valence electrons. The molecule has 0 bridgehead atoms. The van der Waals surface area contributed by atoms with Gasteiger partial charge in [0.25, 0.3) is 0 Å². The van der Waals surface area contributed by atoms with E-state index < -0.39 is 29.7 Å². The zero-order valence-electron chi connectivity index (χ0n) is 24.8. The topological polar surface area (TPSA) is 116 Å². The van der Waals surface area contributed by atoms with Gasteiger partial charge in [-0.25, -0.2) is 4.79 Å². The second-order valence-electron chi connectivity index (χ2n) is 11.4. The molecule has 0 aliphatic carbocycles. The minimum atomic E-state index is -0.668. The Kier molecular flexibility index (Phi) is 10.8. The van der Waals surface area contributed by atoms with E-state index in [0.29, 0.717) is 23.9 Å². The van der Waals surface area contributed by atoms with E-state index in [1.54, 1.807) is 33.0 Å². The molecule has 0 fully saturated rings. The van der Waals surface area contributed by atoms with Crippen LogP contribution in [0.4, 0.5) is 4.79 Å². The molecule has 0 aliphatic heterocycles. The monoisotopic (exact) mass is 563 g/mol. The van der Waals surface area contributed by atoms with E-state index in [9.17, 15) is 19.2 Å². The molecule has 0 aliphatic rings. The smallest absolute Gasteiger partial charge is 0.419 e. The third-order valence-electron chi connectivity index (χ3n) is 6.60. The number of para-hydroxylation sites is 1. The van der Waals surface area contributed by atoms with Crippen molar-refractivity contribution in [3.05, 3.63) is 71.4 Å². The number of amides is 1. The quantitative estimate of drug-likeness (QED) is 0.312. The van der Waals surface area contributed by atoms with Crippen molar-refractivity contribution in [2.24, 2.45) is 0 Å². The van der Waals surface area contributed by atoms with E-state index in [1.807, 2.05) is 49.4 Å². The average Bonchev–Trinajstić information content (AvgIpc) is 3.27. The first-order chi connectivity index (χ1) is 19.4. The fourth-order valence-electron chi connectivity index (χ4n) is 4.53. The van der Waals surface area contributed by atoms with Crippen LogP contribution in [0.5, 0.6) is 0 Å². The summed E-state index contributed by atoms with van der Waals surface area (Å²) in [6.07, 6.45) is 2.25. The van der Waals surface area contributed by atoms with Gasteiger partial charge < -0.3 is 24.9 Å². The summed E-state index contributed by atoms with van der Waals surface area (Å²) < 4.78 is 12.0. The molecule has 3 rings (SSSR count). The summed E-state index contributed by atoms with van der Waals surface area (Å²) in [6.45, 7) is 9.16. The molecule has 0 saturated heterocycles. The van der Waals surface area contributed by atoms with E-state index in [-0.39, 0.29) is 31.1 Å². The largest absolute Gasteiger partial charge is 0.468 e. The molecule has 9 heteroatoms. The molecular formula is C32H41N3O6. The lowest BCUT2D eigenvalue weighted by molar-refractivity contribution is -0.143. The minimum absolute atomic E-state index is 0.00820. The van der Waals surface area contributed by atoms with Crippen LogP contribution in [0, 0.1) is 6.92 Å². The number of rotatable bonds is 12. The molecule has 2 N–H and O–H groups in total. The van der Waals surface area contributed by atoms with Gasteiger partial charge >= 0.3 is 12.1 Å². The van der Waals surface area contributed by atoms with Gasteiger partial charge in [0.1, 0.15) is 17.4 Å². The molecule has 2 atom stereocenters. The molecule has 1 aromatic heterocycles. The minimum Gasteiger partial charge on any atom is -0.468 e. The normalized spacial score (nSPS) is 12.9. The first kappa shape index (κ1) is 31.5. The number of nitrogens with zero attached hydrogens (tertiary/aromatic N) is 1. The molecule has 9 nitrogen and oxygen atoms in total. The number of Topliss-reactive ketones (excluding diaryl/α,β-unsaturated/α-hetero) is 1. The van der Waals surface area contributed by atoms with Crippen LogP contribution >= 0.6 is 0 Å². The number of carbonyl (C=O) groups is 4. The summed E-state index contributed by atoms with van der Waals surface area (Å²) in [5, 5.41) is 7.02. The highest BCUT2D eigenvalue weighted by Gasteiger charge is 2.24. The van der Waals surface area contributed by atoms with Crippen LogP contribution in [0.3, 0.4) is 0 Å². The summed E-state index contributed by atoms with van der Waals surface area (Å²) in [6, 6.07) is 14.2. The zero-order chi connectivity index (χ0) is 30.2. The van der Waals surface area contributed by atoms with Crippen LogP contribution in [0.2, 0.25) is 0 Å². The molecule has 1 amide bonds. The van der Waals surface area contributed by atoms with E-state index in [2.05, 4.69) is 10.6 Å². The molecule has 0 unspecified atom stereocenters. The number of ketones is 1. The predicted molar refractivity (Wildman–Crippen MR) is 158 cm³/mol. The lowest BCUT2D eigenvalue weighted by Crippen LogP contribution is -2.48. The summed E-state index contributed by atoms with van der Waals surface area (Å²) >= 11 is 0. The Bertz CT molecular complexity index is 1370. The van der Waals surface area contributed by atoms with Crippen molar-refractivity contribution >= 4 is 34.7 Å². The van der Waals surface area contributed by atoms with Gasteiger partial charge in [-0.15, -0.1) is 0 Å². The second-order valence-corrected chi connectivity index (χ2v) is 11.4. The highest BCUT2D eigenvalue weighted by atomic mass is 16.6. The molecule has 41 heavy (non-hydrogen) atoms. The van der Waals surface area contributed by atoms with Crippen LogP contribution in [0.15, 0.2) is 54.7 Å². The molecule has 2 aromatic carbocycles. The van der Waals surface area contributed by atoms with Crippen LogP contribution in [-0.2, 0) is 36.7 Å². The van der Waals surface area contributed by atoms with Gasteiger partial charge in [-0.3, -0.25) is 14.2 Å². The van der Waals surface area contributed by atoms with Crippen molar-refractivity contribution in [2.45, 2.75) is 78.0 Å². The van der Waals surface area contributed by atoms with Gasteiger partial charge in [0.15, 0.2) is 0 Å². The Morgan fingerprint density at radius 3 is 2.32 bits per heavy atom. The summed E-state index contributed by atoms with van der Waals surface area (Å²) in [7, 11) is 1.34. The molecule has 1 heterocycles. The van der Waals surface area contributed by atoms with Crippen molar-refractivity contribution in [3.63, 3.8) is 0 Å². The molecular weight excluding hydrogens is 522 g/mol. The van der Waals surface area contributed by atoms with Gasteiger partial charge in [0, 0.05) is 30.6 Å². The van der Waals surface area contributed by atoms with Crippen LogP contribution < -0.4 is 10.6 Å². The van der Waals surface area contributed by atoms with Crippen molar-refractivity contribution in [1.82, 2.24) is 15.2 Å². The Balaban J connectivity index is 1.74. The molecule has 3 aromatic rings. The van der Waals surface area contributed by atoms with E-state index in [1.165, 1.54) is 18.6 Å². The number of methoxy groups -OCH3 is 1. The van der Waals surface area contributed by atoms with Gasteiger partial charge in [0.2, 0.25) is 5.91 Å². The summed E-state index contributed by atoms with van der Waals surface area (Å²) in [4.78, 5) is 50.3. The van der Waals surface area contributed by atoms with Crippen molar-refractivity contribution in [2.75, 3.05) is 13.7 Å². The van der Waals surface area contributed by atoms with Gasteiger partial charge in [-0.2, -0.15) is 0 Å². The van der Waals surface area contributed by atoms with E-state index in [0.717, 1.165) is 16.5 Å². The standard InChI is InChI=1S/C32H41N3O6/c1-21-11-14-23(15-12-21)17-27(30(38)40-6)33-19-25(16-13-22(2)36)34-29(37)18-24-20-35(31(39)41-32(3,4)5)28-10-8-7-9-26(24)28/h7-12,14-15,20,25,27,33H,13,16-19H2,1-6H3,(H,34,37)/t25-,27-/m0/s1. The summed E-state index contributed by atoms with van der Waals surface area (Å²) in [5.74, 6) is -0.661. The third-order valence-corrected chi connectivity index (χ3v) is 6.60. The number of benzene rings is 2. The maximum Gasteiger partial charge on any atom is 0.419 e. The van der Waals surface area contributed by atoms with E-state index >= 15 is 0 Å². The Morgan fingerprint density at radius 2 is 1.68 bits per heavy atom. The van der Waals surface area contributed by atoms with Crippen LogP contribution in [0.25, 0.3) is 10.9 Å². The third kappa shape index (κ3) is 9.56. The lowest BCUT2D eigenvalue weighted by atomic mass is 10.0. The number of fused-ring (bicyclic) bond motifs is 1. The Hall–Kier alpha value is -3.98. The number of esters is 1. The summed E-state index contributed by atoms with van der Waals surface area (Å²) in [5.41, 5.74) is 2.76. The fraction of sp³-hybridized carbons (Fsp3) is 0.438. The van der Waals surface area contributed by atoms with Crippen molar-refractivity contribution < 1.29 is 28.7 Å². The lowest BCUT2D eigenvalue weighted by Gasteiger charge is -2.23. The van der Waals surface area contributed by atoms with Crippen LogP contribution in [-0.4, -0.2) is 59.7 Å². The van der Waals surface area contributed by atoms with Gasteiger partial charge in [-0.05, 0) is 64.7 Å². The second kappa shape index (κ2) is 14.1. The number of ether oxygens (including phenoxy) is 2. The first-order valence-corrected chi connectivity index (χ1v) is 13.8. The predicted octanol–water partition coefficient (Wildman–Crippen LogP) is 4.50. The van der Waals surface area contributed by atoms with Crippen LogP contribution in [0.1, 0.15) is 57.2 Å². The molecule has 0 saturated carbocycles. The average molecular weight is 564 g/mol. The molecule has 0 radical (unpaired) electrons. The SMILES string of the molecule is COC(=O)[C@H](Cc1ccc(C)cc1)NC[C@H](CCC(C)=O)NC(=O)Cc1cn(C(=O)OC(C)(C)C)c2ccccc12. The highest BCUT2D eigenvalue weighted by Crippen LogP contribution is 2.23. The van der Waals surface area contributed by atoms with Gasteiger partial charge in [-0.1, -0.05) is 48.0 Å². The van der Waals surface area contributed by atoms with E-state index in [4.69, 9.17) is 9.47 Å². The van der Waals surface area contributed by atoms with Gasteiger partial charge in [0.05, 0.1) is 19.0 Å². The number of carbonyl (C=O) groups excluding carboxylic acids is 4. The number of aromatic nitrogens is 1. The number of aryl methyl sites for hydroxylation is 1. The highest BCUT2D eigenvalue weighted by molar-refractivity contribution is 5.94.